The number of nitrogens with zero attached hydrogens (tertiary/aromatic N) is 2. The lowest BCUT2D eigenvalue weighted by molar-refractivity contribution is -0.143. The highest BCUT2D eigenvalue weighted by Crippen LogP contribution is 2.43. The van der Waals surface area contributed by atoms with E-state index >= 15 is 0 Å². The van der Waals surface area contributed by atoms with Crippen LogP contribution in [-0.4, -0.2) is 54.0 Å². The molecule has 63 heavy (non-hydrogen) atoms. The van der Waals surface area contributed by atoms with Gasteiger partial charge in [0.1, 0.15) is 29.9 Å². The first-order valence-corrected chi connectivity index (χ1v) is 21.6. The molecule has 10 nitrogen and oxygen atoms in total. The van der Waals surface area contributed by atoms with Gasteiger partial charge in [0.15, 0.2) is 0 Å². The summed E-state index contributed by atoms with van der Waals surface area (Å²) in [5.41, 5.74) is 7.81. The molecule has 2 heterocycles. The zero-order chi connectivity index (χ0) is 44.2. The molecular weight excluding hydrogens is 837 g/mol. The molecule has 2 N–H and O–H groups in total. The first kappa shape index (κ1) is 43.3. The van der Waals surface area contributed by atoms with Crippen LogP contribution < -0.4 is 24.4 Å². The number of nitrogens with one attached hydrogen (secondary N) is 1. The number of amides is 2. The summed E-state index contributed by atoms with van der Waals surface area (Å²) in [6, 6.07) is 39.9. The van der Waals surface area contributed by atoms with Crippen molar-refractivity contribution in [2.45, 2.75) is 63.6 Å². The molecule has 0 saturated heterocycles. The minimum Gasteiger partial charge on any atom is -0.497 e. The summed E-state index contributed by atoms with van der Waals surface area (Å²) in [5, 5.41) is 14.2. The fraction of sp³-hybridized carbons (Fsp3) is 0.235. The van der Waals surface area contributed by atoms with Gasteiger partial charge in [-0.2, -0.15) is 0 Å². The molecule has 6 aromatic carbocycles. The summed E-state index contributed by atoms with van der Waals surface area (Å²) >= 11 is 12.2. The van der Waals surface area contributed by atoms with E-state index in [9.17, 15) is 19.5 Å². The van der Waals surface area contributed by atoms with E-state index in [-0.39, 0.29) is 24.3 Å². The first-order valence-electron chi connectivity index (χ1n) is 20.8. The molecule has 0 aliphatic carbocycles. The van der Waals surface area contributed by atoms with Crippen LogP contribution in [0.15, 0.2) is 133 Å². The molecule has 2 amide bonds. The molecule has 8 rings (SSSR count). The Kier molecular flexibility index (Phi) is 13.0. The van der Waals surface area contributed by atoms with Crippen LogP contribution in [0.3, 0.4) is 0 Å². The average molecular weight is 885 g/mol. The van der Waals surface area contributed by atoms with Crippen LogP contribution in [0.2, 0.25) is 10.0 Å². The second kappa shape index (κ2) is 19.0. The number of hydrogen-bond donors (Lipinski definition) is 2. The predicted molar refractivity (Wildman–Crippen MR) is 245 cm³/mol. The number of ether oxygens (including phenoxy) is 3. The molecule has 4 atom stereocenters. The van der Waals surface area contributed by atoms with Gasteiger partial charge in [-0.25, -0.2) is 4.79 Å². The summed E-state index contributed by atoms with van der Waals surface area (Å²) in [6.07, 6.45) is 0.231. The molecular formula is C51H47Cl2N3O7. The molecule has 0 bridgehead atoms. The summed E-state index contributed by atoms with van der Waals surface area (Å²) in [6.45, 7) is 2.78. The Morgan fingerprint density at radius 2 is 1.49 bits per heavy atom. The number of halogens is 2. The molecule has 12 heteroatoms. The number of carbonyl (C=O) groups excluding carboxylic acids is 2. The minimum atomic E-state index is -1.16. The largest absolute Gasteiger partial charge is 0.497 e. The third-order valence-electron chi connectivity index (χ3n) is 11.9. The van der Waals surface area contributed by atoms with E-state index in [2.05, 4.69) is 29.3 Å². The second-order valence-electron chi connectivity index (χ2n) is 15.8. The van der Waals surface area contributed by atoms with Crippen LogP contribution in [0.25, 0.3) is 11.1 Å². The van der Waals surface area contributed by atoms with Crippen molar-refractivity contribution in [3.63, 3.8) is 0 Å². The van der Waals surface area contributed by atoms with E-state index in [4.69, 9.17) is 37.4 Å². The van der Waals surface area contributed by atoms with Crippen LogP contribution in [0.4, 0.5) is 5.69 Å². The number of anilines is 1. The van der Waals surface area contributed by atoms with Gasteiger partial charge in [-0.05, 0) is 100 Å². The van der Waals surface area contributed by atoms with Gasteiger partial charge in [0.25, 0.3) is 5.91 Å². The Bertz CT molecular complexity index is 2610. The van der Waals surface area contributed by atoms with E-state index in [1.807, 2.05) is 97.1 Å². The zero-order valence-electron chi connectivity index (χ0n) is 35.1. The fourth-order valence-corrected chi connectivity index (χ4v) is 8.75. The number of carboxylic acid groups (broad SMARTS) is 1. The Balaban J connectivity index is 1.02. The van der Waals surface area contributed by atoms with Crippen LogP contribution in [0.5, 0.6) is 17.2 Å². The maximum absolute atomic E-state index is 14.5. The van der Waals surface area contributed by atoms with Crippen LogP contribution in [-0.2, 0) is 40.4 Å². The highest BCUT2D eigenvalue weighted by molar-refractivity contribution is 6.42. The lowest BCUT2D eigenvalue weighted by Crippen LogP contribution is -2.55. The highest BCUT2D eigenvalue weighted by Gasteiger charge is 2.40. The smallest absolute Gasteiger partial charge is 0.326 e. The summed E-state index contributed by atoms with van der Waals surface area (Å²) in [5.74, 6) is 0.202. The third-order valence-corrected chi connectivity index (χ3v) is 12.6. The van der Waals surface area contributed by atoms with E-state index in [0.29, 0.717) is 58.8 Å². The van der Waals surface area contributed by atoms with Crippen molar-refractivity contribution in [3.8, 4) is 28.4 Å². The molecule has 0 fully saturated rings. The van der Waals surface area contributed by atoms with E-state index < -0.39 is 24.2 Å². The topological polar surface area (TPSA) is 118 Å². The maximum atomic E-state index is 14.5. The normalized spacial score (nSPS) is 16.8. The molecule has 0 radical (unpaired) electrons. The van der Waals surface area contributed by atoms with Crippen LogP contribution in [0.1, 0.15) is 58.9 Å². The Morgan fingerprint density at radius 3 is 2.14 bits per heavy atom. The molecule has 1 unspecified atom stereocenters. The van der Waals surface area contributed by atoms with Crippen molar-refractivity contribution in [2.75, 3.05) is 19.1 Å². The summed E-state index contributed by atoms with van der Waals surface area (Å²) in [7, 11) is 3.35. The van der Waals surface area contributed by atoms with Gasteiger partial charge in [0, 0.05) is 31.6 Å². The number of carboxylic acids is 1. The number of fused-ring (bicyclic) bond motifs is 2. The van der Waals surface area contributed by atoms with Gasteiger partial charge < -0.3 is 29.5 Å². The van der Waals surface area contributed by atoms with Crippen molar-refractivity contribution < 1.29 is 33.7 Å². The number of rotatable bonds is 14. The molecule has 0 spiro atoms. The lowest BCUT2D eigenvalue weighted by atomic mass is 9.88. The lowest BCUT2D eigenvalue weighted by Gasteiger charge is -2.42. The number of likely N-dealkylation sites (N-methyl/N-ethyl adjacent to an activating group) is 1. The second-order valence-corrected chi connectivity index (χ2v) is 16.7. The van der Waals surface area contributed by atoms with Gasteiger partial charge in [0.05, 0.1) is 28.9 Å². The van der Waals surface area contributed by atoms with E-state index in [1.54, 1.807) is 43.3 Å². The van der Waals surface area contributed by atoms with Gasteiger partial charge in [0.2, 0.25) is 12.0 Å². The van der Waals surface area contributed by atoms with Crippen molar-refractivity contribution in [1.29, 1.82) is 0 Å². The van der Waals surface area contributed by atoms with Crippen LogP contribution in [0, 0.1) is 0 Å². The van der Waals surface area contributed by atoms with Gasteiger partial charge in [-0.3, -0.25) is 14.5 Å². The Morgan fingerprint density at radius 1 is 0.825 bits per heavy atom. The number of hydrogen-bond acceptors (Lipinski definition) is 7. The fourth-order valence-electron chi connectivity index (χ4n) is 8.43. The van der Waals surface area contributed by atoms with Gasteiger partial charge in [-0.15, -0.1) is 0 Å². The van der Waals surface area contributed by atoms with Crippen molar-refractivity contribution in [1.82, 2.24) is 10.2 Å². The van der Waals surface area contributed by atoms with E-state index in [1.165, 1.54) is 0 Å². The summed E-state index contributed by atoms with van der Waals surface area (Å²) < 4.78 is 17.7. The number of carbonyl (C=O) groups is 3. The molecule has 2 aliphatic rings. The van der Waals surface area contributed by atoms with Crippen molar-refractivity contribution in [2.24, 2.45) is 0 Å². The van der Waals surface area contributed by atoms with Gasteiger partial charge in [-0.1, -0.05) is 115 Å². The molecule has 6 aromatic rings. The molecule has 0 aromatic heterocycles. The Labute approximate surface area is 376 Å². The monoisotopic (exact) mass is 883 g/mol. The first-order chi connectivity index (χ1) is 30.5. The van der Waals surface area contributed by atoms with Crippen LogP contribution >= 0.6 is 23.2 Å². The zero-order valence-corrected chi connectivity index (χ0v) is 36.6. The van der Waals surface area contributed by atoms with Crippen molar-refractivity contribution >= 4 is 46.7 Å². The number of benzene rings is 6. The van der Waals surface area contributed by atoms with E-state index in [0.717, 1.165) is 44.7 Å². The molecule has 322 valence electrons. The standard InChI is InChI=1S/C51H47Cl2N3O7/c1-4-44(35-8-6-5-7-9-35)56-29-38-28-47-45(55(2)50(58)48(63-47)36-17-21-40(22-18-36)62-30-32-12-23-41(52)42(53)24-32)26-37(38)27-46(56)49(57)54-43(51(59)60)25-31-10-13-33(14-11-31)34-15-19-39(61-3)20-16-34/h5-24,26,28,43-44,46,48H,4,25,27,29-30H2,1-3H3,(H,54,57)(H,59,60)/t43?,44-,46-,48+/m0/s1. The SMILES string of the molecule is CC[C@@H](c1ccccc1)N1Cc2cc3c(cc2C[C@H]1C(=O)NC(Cc1ccc(-c2ccc(OC)cc2)cc1)C(=O)O)N(C)C(=O)[C@@H](c1ccc(OCc2ccc(Cl)c(Cl)c2)cc1)O3. The molecule has 2 aliphatic heterocycles. The Hall–Kier alpha value is -6.33. The van der Waals surface area contributed by atoms with Gasteiger partial charge >= 0.3 is 5.97 Å². The number of aliphatic carboxylic acids is 1. The van der Waals surface area contributed by atoms with Crippen molar-refractivity contribution in [3.05, 3.63) is 177 Å². The minimum absolute atomic E-state index is 0.108. The predicted octanol–water partition coefficient (Wildman–Crippen LogP) is 10.0. The average Bonchev–Trinajstić information content (AvgIpc) is 3.30. The highest BCUT2D eigenvalue weighted by atomic mass is 35.5. The maximum Gasteiger partial charge on any atom is 0.326 e. The molecule has 0 saturated carbocycles. The third kappa shape index (κ3) is 9.54. The quantitative estimate of drug-likeness (QED) is 0.111. The summed E-state index contributed by atoms with van der Waals surface area (Å²) in [4.78, 5) is 44.9. The number of methoxy groups -OCH3 is 1.